The van der Waals surface area contributed by atoms with Crippen LogP contribution in [0.3, 0.4) is 0 Å². The topological polar surface area (TPSA) is 88.1 Å². The Balaban J connectivity index is 1.46. The predicted molar refractivity (Wildman–Crippen MR) is 164 cm³/mol. The third kappa shape index (κ3) is 7.96. The maximum absolute atomic E-state index is 13.7. The van der Waals surface area contributed by atoms with E-state index in [4.69, 9.17) is 16.3 Å². The number of sulfonamides is 1. The minimum atomic E-state index is -3.90. The number of rotatable bonds is 12. The number of aryl methyl sites for hydroxylation is 1. The smallest absolute Gasteiger partial charge is 0.271 e. The van der Waals surface area contributed by atoms with E-state index in [1.807, 2.05) is 31.2 Å². The number of nitrogens with one attached hydrogen (secondary N) is 1. The molecule has 0 aliphatic rings. The summed E-state index contributed by atoms with van der Waals surface area (Å²) in [5.74, 6) is 0.409. The van der Waals surface area contributed by atoms with Gasteiger partial charge in [0.05, 0.1) is 29.9 Å². The van der Waals surface area contributed by atoms with Crippen molar-refractivity contribution < 1.29 is 17.9 Å². The molecule has 4 rings (SSSR count). The highest BCUT2D eigenvalue weighted by Crippen LogP contribution is 2.31. The van der Waals surface area contributed by atoms with Crippen LogP contribution in [0.15, 0.2) is 107 Å². The standard InChI is InChI=1S/C32H32ClN3O4S/c1-3-4-20-40-29-18-13-25(14-19-29)22-34-35-32(37)27-15-11-26(12-16-27)23-36(31-21-28(33)17-10-24(31)2)41(38,39)30-8-6-5-7-9-30/h5-19,21-22H,3-4,20,23H2,1-2H3,(H,35,37)/b34-22-. The highest BCUT2D eigenvalue weighted by atomic mass is 35.5. The van der Waals surface area contributed by atoms with Gasteiger partial charge in [0.15, 0.2) is 0 Å². The molecule has 4 aromatic carbocycles. The number of unbranched alkanes of at least 4 members (excludes halogenated alkanes) is 1. The van der Waals surface area contributed by atoms with Crippen LogP contribution >= 0.6 is 11.6 Å². The van der Waals surface area contributed by atoms with Gasteiger partial charge < -0.3 is 4.74 Å². The average molecular weight is 590 g/mol. The zero-order valence-electron chi connectivity index (χ0n) is 23.0. The molecule has 0 fully saturated rings. The summed E-state index contributed by atoms with van der Waals surface area (Å²) in [6, 6.07) is 27.6. The number of nitrogens with zero attached hydrogens (tertiary/aromatic N) is 2. The number of benzene rings is 4. The lowest BCUT2D eigenvalue weighted by molar-refractivity contribution is 0.0955. The minimum absolute atomic E-state index is 0.0522. The van der Waals surface area contributed by atoms with Crippen LogP contribution in [0.4, 0.5) is 5.69 Å². The fraction of sp³-hybridized carbons (Fsp3) is 0.188. The van der Waals surface area contributed by atoms with Gasteiger partial charge in [-0.2, -0.15) is 5.10 Å². The molecule has 0 heterocycles. The highest BCUT2D eigenvalue weighted by Gasteiger charge is 2.26. The Labute approximate surface area is 246 Å². The average Bonchev–Trinajstić information content (AvgIpc) is 2.99. The molecule has 0 bridgehead atoms. The molecule has 0 aliphatic carbocycles. The van der Waals surface area contributed by atoms with Gasteiger partial charge >= 0.3 is 0 Å². The van der Waals surface area contributed by atoms with E-state index in [-0.39, 0.29) is 17.3 Å². The second kappa shape index (κ2) is 14.0. The summed E-state index contributed by atoms with van der Waals surface area (Å²) < 4.78 is 34.4. The Morgan fingerprint density at radius 2 is 1.68 bits per heavy atom. The van der Waals surface area contributed by atoms with Crippen LogP contribution in [-0.2, 0) is 16.6 Å². The number of hydrogen-bond donors (Lipinski definition) is 1. The highest BCUT2D eigenvalue weighted by molar-refractivity contribution is 7.92. The van der Waals surface area contributed by atoms with Crippen molar-refractivity contribution in [3.63, 3.8) is 0 Å². The van der Waals surface area contributed by atoms with Crippen molar-refractivity contribution in [2.45, 2.75) is 38.1 Å². The number of carbonyl (C=O) groups excluding carboxylic acids is 1. The van der Waals surface area contributed by atoms with Gasteiger partial charge in [0, 0.05) is 10.6 Å². The quantitative estimate of drug-likeness (QED) is 0.110. The molecule has 41 heavy (non-hydrogen) atoms. The van der Waals surface area contributed by atoms with Crippen molar-refractivity contribution in [2.24, 2.45) is 5.10 Å². The fourth-order valence-electron chi connectivity index (χ4n) is 4.01. The number of halogens is 1. The lowest BCUT2D eigenvalue weighted by Crippen LogP contribution is -2.31. The summed E-state index contributed by atoms with van der Waals surface area (Å²) >= 11 is 6.24. The van der Waals surface area contributed by atoms with Gasteiger partial charge in [0.2, 0.25) is 0 Å². The SMILES string of the molecule is CCCCOc1ccc(/C=N\NC(=O)c2ccc(CN(c3cc(Cl)ccc3C)S(=O)(=O)c3ccccc3)cc2)cc1. The molecule has 9 heteroatoms. The number of anilines is 1. The van der Waals surface area contributed by atoms with Crippen LogP contribution < -0.4 is 14.5 Å². The van der Waals surface area contributed by atoms with Crippen LogP contribution in [0.1, 0.15) is 46.8 Å². The van der Waals surface area contributed by atoms with Crippen molar-refractivity contribution in [3.05, 3.63) is 124 Å². The van der Waals surface area contributed by atoms with Gasteiger partial charge in [0.1, 0.15) is 5.75 Å². The molecular weight excluding hydrogens is 558 g/mol. The minimum Gasteiger partial charge on any atom is -0.494 e. The normalized spacial score (nSPS) is 11.4. The van der Waals surface area contributed by atoms with Crippen molar-refractivity contribution in [1.82, 2.24) is 5.43 Å². The summed E-state index contributed by atoms with van der Waals surface area (Å²) in [5.41, 5.74) is 5.69. The summed E-state index contributed by atoms with van der Waals surface area (Å²) in [7, 11) is -3.90. The van der Waals surface area contributed by atoms with E-state index in [2.05, 4.69) is 17.5 Å². The second-order valence-corrected chi connectivity index (χ2v) is 11.7. The summed E-state index contributed by atoms with van der Waals surface area (Å²) in [6.07, 6.45) is 3.63. The molecule has 0 saturated carbocycles. The van der Waals surface area contributed by atoms with Crippen LogP contribution in [0.2, 0.25) is 5.02 Å². The lowest BCUT2D eigenvalue weighted by Gasteiger charge is -2.26. The first-order chi connectivity index (χ1) is 19.8. The monoisotopic (exact) mass is 589 g/mol. The largest absolute Gasteiger partial charge is 0.494 e. The fourth-order valence-corrected chi connectivity index (χ4v) is 5.71. The first-order valence-electron chi connectivity index (χ1n) is 13.3. The third-order valence-electron chi connectivity index (χ3n) is 6.34. The number of hydrazone groups is 1. The maximum Gasteiger partial charge on any atom is 0.271 e. The van der Waals surface area contributed by atoms with Crippen molar-refractivity contribution in [3.8, 4) is 5.75 Å². The summed E-state index contributed by atoms with van der Waals surface area (Å²) in [4.78, 5) is 12.8. The zero-order chi connectivity index (χ0) is 29.2. The molecule has 0 spiro atoms. The molecular formula is C32H32ClN3O4S. The molecule has 1 N–H and O–H groups in total. The number of amides is 1. The predicted octanol–water partition coefficient (Wildman–Crippen LogP) is 6.99. The van der Waals surface area contributed by atoms with Gasteiger partial charge in [-0.25, -0.2) is 13.8 Å². The molecule has 0 atom stereocenters. The molecule has 4 aromatic rings. The van der Waals surface area contributed by atoms with Gasteiger partial charge in [0.25, 0.3) is 15.9 Å². The van der Waals surface area contributed by atoms with E-state index in [0.29, 0.717) is 28.4 Å². The zero-order valence-corrected chi connectivity index (χ0v) is 24.5. The second-order valence-electron chi connectivity index (χ2n) is 9.42. The Bertz CT molecular complexity index is 1590. The summed E-state index contributed by atoms with van der Waals surface area (Å²) in [6.45, 7) is 4.68. The first-order valence-corrected chi connectivity index (χ1v) is 15.1. The molecule has 0 saturated heterocycles. The molecule has 0 radical (unpaired) electrons. The van der Waals surface area contributed by atoms with Crippen LogP contribution in [0, 0.1) is 6.92 Å². The van der Waals surface area contributed by atoms with Crippen molar-refractivity contribution in [2.75, 3.05) is 10.9 Å². The van der Waals surface area contributed by atoms with Crippen LogP contribution in [0.5, 0.6) is 5.75 Å². The maximum atomic E-state index is 13.7. The Morgan fingerprint density at radius 3 is 2.37 bits per heavy atom. The van der Waals surface area contributed by atoms with Crippen molar-refractivity contribution in [1.29, 1.82) is 0 Å². The van der Waals surface area contributed by atoms with E-state index >= 15 is 0 Å². The van der Waals surface area contributed by atoms with Gasteiger partial charge in [-0.3, -0.25) is 9.10 Å². The van der Waals surface area contributed by atoms with E-state index < -0.39 is 10.0 Å². The number of carbonyl (C=O) groups is 1. The molecule has 7 nitrogen and oxygen atoms in total. The molecule has 1 amide bonds. The third-order valence-corrected chi connectivity index (χ3v) is 8.35. The van der Waals surface area contributed by atoms with E-state index in [1.165, 1.54) is 4.31 Å². The van der Waals surface area contributed by atoms with E-state index in [9.17, 15) is 13.2 Å². The van der Waals surface area contributed by atoms with Crippen molar-refractivity contribution >= 4 is 39.4 Å². The molecule has 212 valence electrons. The lowest BCUT2D eigenvalue weighted by atomic mass is 10.1. The Morgan fingerprint density at radius 1 is 0.976 bits per heavy atom. The van der Waals surface area contributed by atoms with E-state index in [0.717, 1.165) is 29.7 Å². The number of hydrogen-bond acceptors (Lipinski definition) is 5. The molecule has 0 aliphatic heterocycles. The first kappa shape index (κ1) is 29.8. The van der Waals surface area contributed by atoms with Gasteiger partial charge in [-0.1, -0.05) is 61.3 Å². The van der Waals surface area contributed by atoms with Gasteiger partial charge in [-0.05, 0) is 90.7 Å². The number of ether oxygens (including phenoxy) is 1. The van der Waals surface area contributed by atoms with Gasteiger partial charge in [-0.15, -0.1) is 0 Å². The van der Waals surface area contributed by atoms with Crippen LogP contribution in [-0.4, -0.2) is 27.1 Å². The summed E-state index contributed by atoms with van der Waals surface area (Å²) in [5, 5.41) is 4.48. The Kier molecular flexibility index (Phi) is 10.2. The molecule has 0 unspecified atom stereocenters. The van der Waals surface area contributed by atoms with E-state index in [1.54, 1.807) is 79.0 Å². The Hall–Kier alpha value is -4.14. The molecule has 0 aromatic heterocycles. The van der Waals surface area contributed by atoms with Crippen LogP contribution in [0.25, 0.3) is 0 Å².